The number of amides is 2. The fourth-order valence-corrected chi connectivity index (χ4v) is 5.06. The third kappa shape index (κ3) is 10.6. The van der Waals surface area contributed by atoms with E-state index in [4.69, 9.17) is 0 Å². The normalized spacial score (nSPS) is 22.0. The van der Waals surface area contributed by atoms with Crippen LogP contribution in [0, 0.1) is 0 Å². The number of nitrogens with zero attached hydrogens (tertiary/aromatic N) is 3. The molecule has 1 saturated heterocycles. The lowest BCUT2D eigenvalue weighted by Crippen LogP contribution is -2.54. The SMILES string of the molecule is C=CC=N/C=C\C.CCN(C1CCC(O)CC1)C1CCCN(C(=O)CNC(=O)c2cccc(C(F)(F)F)c2)C1. The number of piperidine rings is 1. The zero-order chi connectivity index (χ0) is 28.8. The molecule has 2 amide bonds. The molecule has 216 valence electrons. The summed E-state index contributed by atoms with van der Waals surface area (Å²) in [6.07, 6.45) is 7.47. The maximum Gasteiger partial charge on any atom is 0.416 e. The van der Waals surface area contributed by atoms with E-state index >= 15 is 0 Å². The summed E-state index contributed by atoms with van der Waals surface area (Å²) in [6, 6.07) is 4.81. The van der Waals surface area contributed by atoms with E-state index in [1.54, 1.807) is 23.4 Å². The van der Waals surface area contributed by atoms with Crippen molar-refractivity contribution in [1.82, 2.24) is 15.1 Å². The van der Waals surface area contributed by atoms with E-state index in [-0.39, 0.29) is 30.2 Å². The third-order valence-electron chi connectivity index (χ3n) is 7.00. The van der Waals surface area contributed by atoms with Crippen molar-refractivity contribution >= 4 is 18.0 Å². The van der Waals surface area contributed by atoms with Gasteiger partial charge in [0.1, 0.15) is 0 Å². The number of benzene rings is 1. The van der Waals surface area contributed by atoms with Gasteiger partial charge in [0.2, 0.25) is 5.91 Å². The Morgan fingerprint density at radius 2 is 1.92 bits per heavy atom. The fraction of sp³-hybridized carbons (Fsp3) is 0.552. The highest BCUT2D eigenvalue weighted by Crippen LogP contribution is 2.30. The largest absolute Gasteiger partial charge is 0.416 e. The number of aliphatic imine (C=N–C) groups is 1. The maximum atomic E-state index is 12.9. The smallest absolute Gasteiger partial charge is 0.393 e. The number of hydrogen-bond donors (Lipinski definition) is 2. The number of alkyl halides is 3. The quantitative estimate of drug-likeness (QED) is 0.454. The number of halogens is 3. The van der Waals surface area contributed by atoms with Crippen molar-refractivity contribution in [2.75, 3.05) is 26.2 Å². The highest BCUT2D eigenvalue weighted by atomic mass is 19.4. The Morgan fingerprint density at radius 1 is 1.21 bits per heavy atom. The molecule has 1 heterocycles. The Balaban J connectivity index is 0.000000673. The molecule has 39 heavy (non-hydrogen) atoms. The summed E-state index contributed by atoms with van der Waals surface area (Å²) in [4.78, 5) is 33.0. The molecule has 1 atom stereocenters. The van der Waals surface area contributed by atoms with E-state index in [1.165, 1.54) is 12.1 Å². The van der Waals surface area contributed by atoms with E-state index in [0.717, 1.165) is 57.2 Å². The van der Waals surface area contributed by atoms with E-state index in [0.29, 0.717) is 19.1 Å². The number of allylic oxidation sites excluding steroid dienone is 2. The summed E-state index contributed by atoms with van der Waals surface area (Å²) in [6.45, 7) is 9.29. The minimum Gasteiger partial charge on any atom is -0.393 e. The van der Waals surface area contributed by atoms with Crippen molar-refractivity contribution in [3.05, 3.63) is 60.3 Å². The van der Waals surface area contributed by atoms with Gasteiger partial charge in [0, 0.05) is 43.2 Å². The molecule has 10 heteroatoms. The number of carbonyl (C=O) groups excluding carboxylic acids is 2. The standard InChI is InChI=1S/C23H32F3N3O3.C6H9N/c1-2-29(18-8-10-20(30)11-9-18)19-7-4-12-28(15-19)21(31)14-27-22(32)16-5-3-6-17(13-16)23(24,25)26;1-3-5-7-6-4-2/h3,5-6,13,18-20,30H,2,4,7-12,14-15H2,1H3,(H,27,32);3-6H,1H2,2H3/b;6-4-,7-5?. The van der Waals surface area contributed by atoms with Crippen LogP contribution < -0.4 is 5.32 Å². The van der Waals surface area contributed by atoms with Gasteiger partial charge in [-0.2, -0.15) is 13.2 Å². The van der Waals surface area contributed by atoms with Gasteiger partial charge in [-0.25, -0.2) is 0 Å². The van der Waals surface area contributed by atoms with Crippen molar-refractivity contribution in [1.29, 1.82) is 0 Å². The van der Waals surface area contributed by atoms with Crippen LogP contribution in [0.15, 0.2) is 54.2 Å². The van der Waals surface area contributed by atoms with Crippen LogP contribution in [0.2, 0.25) is 0 Å². The molecule has 1 aliphatic heterocycles. The molecule has 1 unspecified atom stereocenters. The van der Waals surface area contributed by atoms with Crippen molar-refractivity contribution in [2.45, 2.75) is 76.7 Å². The zero-order valence-electron chi connectivity index (χ0n) is 22.9. The number of likely N-dealkylation sites (N-methyl/N-ethyl adjacent to an activating group) is 1. The van der Waals surface area contributed by atoms with E-state index in [9.17, 15) is 27.9 Å². The number of aliphatic hydroxyl groups excluding tert-OH is 1. The summed E-state index contributed by atoms with van der Waals surface area (Å²) < 4.78 is 38.6. The number of nitrogens with one attached hydrogen (secondary N) is 1. The van der Waals surface area contributed by atoms with Gasteiger partial charge in [-0.3, -0.25) is 19.5 Å². The topological polar surface area (TPSA) is 85.2 Å². The molecule has 2 aliphatic rings. The molecule has 0 radical (unpaired) electrons. The van der Waals surface area contributed by atoms with E-state index in [2.05, 4.69) is 28.7 Å². The van der Waals surface area contributed by atoms with Crippen LogP contribution in [0.1, 0.15) is 68.3 Å². The van der Waals surface area contributed by atoms with Crippen LogP contribution in [0.4, 0.5) is 13.2 Å². The molecular weight excluding hydrogens is 509 g/mol. The van der Waals surface area contributed by atoms with Gasteiger partial charge in [0.05, 0.1) is 18.2 Å². The lowest BCUT2D eigenvalue weighted by atomic mass is 9.90. The molecule has 1 aromatic carbocycles. The number of aliphatic hydroxyl groups is 1. The minimum absolute atomic E-state index is 0.124. The van der Waals surface area contributed by atoms with Crippen molar-refractivity contribution in [3.63, 3.8) is 0 Å². The average Bonchev–Trinajstić information content (AvgIpc) is 2.93. The Labute approximate surface area is 229 Å². The first-order chi connectivity index (χ1) is 18.6. The Hall–Kier alpha value is -2.98. The molecule has 1 aromatic rings. The highest BCUT2D eigenvalue weighted by molar-refractivity contribution is 5.96. The van der Waals surface area contributed by atoms with Crippen LogP contribution in [0.3, 0.4) is 0 Å². The van der Waals surface area contributed by atoms with Crippen LogP contribution in [-0.4, -0.2) is 77.3 Å². The summed E-state index contributed by atoms with van der Waals surface area (Å²) >= 11 is 0. The first-order valence-electron chi connectivity index (χ1n) is 13.5. The molecule has 0 bridgehead atoms. The first kappa shape index (κ1) is 32.2. The Kier molecular flexibility index (Phi) is 13.4. The van der Waals surface area contributed by atoms with Crippen LogP contribution in [0.25, 0.3) is 0 Å². The lowest BCUT2D eigenvalue weighted by Gasteiger charge is -2.44. The summed E-state index contributed by atoms with van der Waals surface area (Å²) in [7, 11) is 0. The van der Waals surface area contributed by atoms with Crippen LogP contribution in [-0.2, 0) is 11.0 Å². The predicted octanol–water partition coefficient (Wildman–Crippen LogP) is 4.83. The van der Waals surface area contributed by atoms with Gasteiger partial charge >= 0.3 is 6.18 Å². The van der Waals surface area contributed by atoms with E-state index < -0.39 is 17.6 Å². The number of carbonyl (C=O) groups is 2. The van der Waals surface area contributed by atoms with Crippen molar-refractivity contribution < 1.29 is 27.9 Å². The van der Waals surface area contributed by atoms with Crippen LogP contribution in [0.5, 0.6) is 0 Å². The number of rotatable bonds is 8. The van der Waals surface area contributed by atoms with E-state index in [1.807, 2.05) is 13.0 Å². The monoisotopic (exact) mass is 550 g/mol. The second kappa shape index (κ2) is 16.2. The minimum atomic E-state index is -4.53. The summed E-state index contributed by atoms with van der Waals surface area (Å²) in [5.74, 6) is -0.931. The molecule has 1 aliphatic carbocycles. The molecular formula is C29H41F3N4O3. The second-order valence-corrected chi connectivity index (χ2v) is 9.71. The number of likely N-dealkylation sites (tertiary alicyclic amines) is 1. The lowest BCUT2D eigenvalue weighted by molar-refractivity contribution is -0.137. The molecule has 1 saturated carbocycles. The highest BCUT2D eigenvalue weighted by Gasteiger charge is 2.33. The fourth-order valence-electron chi connectivity index (χ4n) is 5.06. The molecule has 3 rings (SSSR count). The van der Waals surface area contributed by atoms with Crippen molar-refractivity contribution in [3.8, 4) is 0 Å². The molecule has 0 aromatic heterocycles. The van der Waals surface area contributed by atoms with Gasteiger partial charge in [-0.15, -0.1) is 0 Å². The van der Waals surface area contributed by atoms with Gasteiger partial charge in [0.25, 0.3) is 5.91 Å². The summed E-state index contributed by atoms with van der Waals surface area (Å²) in [5, 5.41) is 12.2. The molecule has 2 fully saturated rings. The van der Waals surface area contributed by atoms with Gasteiger partial charge in [-0.1, -0.05) is 31.7 Å². The second-order valence-electron chi connectivity index (χ2n) is 9.71. The van der Waals surface area contributed by atoms with Gasteiger partial charge in [-0.05, 0) is 70.2 Å². The summed E-state index contributed by atoms with van der Waals surface area (Å²) in [5.41, 5.74) is -1.02. The molecule has 7 nitrogen and oxygen atoms in total. The molecule has 0 spiro atoms. The number of hydrogen-bond acceptors (Lipinski definition) is 5. The van der Waals surface area contributed by atoms with Gasteiger partial charge in [0.15, 0.2) is 0 Å². The van der Waals surface area contributed by atoms with Crippen LogP contribution >= 0.6 is 0 Å². The predicted molar refractivity (Wildman–Crippen MR) is 148 cm³/mol. The first-order valence-corrected chi connectivity index (χ1v) is 13.5. The Morgan fingerprint density at radius 3 is 2.54 bits per heavy atom. The third-order valence-corrected chi connectivity index (χ3v) is 7.00. The van der Waals surface area contributed by atoms with Gasteiger partial charge < -0.3 is 15.3 Å². The maximum absolute atomic E-state index is 12.9. The molecule has 2 N–H and O–H groups in total. The Bertz CT molecular complexity index is 988. The van der Waals surface area contributed by atoms with Crippen molar-refractivity contribution in [2.24, 2.45) is 4.99 Å². The zero-order valence-corrected chi connectivity index (χ0v) is 22.9. The average molecular weight is 551 g/mol.